The normalized spacial score (nSPS) is 14.3. The standard InChI is InChI=1S/C21H47O2P3/c1-3-5-17-21(23-26-25)19-15-13-11-9-7-6-8-10-12-14-18-20(22-24)16-4-2/h20-21,26H,3-19,24-25H2,1-2H3. The maximum atomic E-state index is 5.85. The summed E-state index contributed by atoms with van der Waals surface area (Å²) in [4.78, 5) is 0. The molecule has 0 radical (unpaired) electrons. The molecule has 0 fully saturated rings. The van der Waals surface area contributed by atoms with Gasteiger partial charge in [-0.25, -0.2) is 0 Å². The molecule has 0 aliphatic carbocycles. The van der Waals surface area contributed by atoms with Crippen LogP contribution in [0.15, 0.2) is 0 Å². The molecule has 5 atom stereocenters. The van der Waals surface area contributed by atoms with Gasteiger partial charge < -0.3 is 9.05 Å². The van der Waals surface area contributed by atoms with Crippen LogP contribution in [0, 0.1) is 0 Å². The van der Waals surface area contributed by atoms with Crippen molar-refractivity contribution in [1.29, 1.82) is 0 Å². The van der Waals surface area contributed by atoms with E-state index in [4.69, 9.17) is 9.05 Å². The average Bonchev–Trinajstić information content (AvgIpc) is 2.65. The Morgan fingerprint density at radius 3 is 1.50 bits per heavy atom. The Balaban J connectivity index is 3.32. The van der Waals surface area contributed by atoms with Crippen LogP contribution >= 0.6 is 26.9 Å². The molecule has 0 heterocycles. The first-order chi connectivity index (χ1) is 12.8. The van der Waals surface area contributed by atoms with E-state index in [1.165, 1.54) is 109 Å². The molecule has 0 aromatic carbocycles. The maximum absolute atomic E-state index is 5.85. The fourth-order valence-electron chi connectivity index (χ4n) is 3.55. The minimum Gasteiger partial charge on any atom is -0.362 e. The number of rotatable bonds is 21. The maximum Gasteiger partial charge on any atom is 0.0618 e. The highest BCUT2D eigenvalue weighted by atomic mass is 32.0. The third kappa shape index (κ3) is 18.6. The van der Waals surface area contributed by atoms with Crippen molar-refractivity contribution in [3.05, 3.63) is 0 Å². The summed E-state index contributed by atoms with van der Waals surface area (Å²) in [6.07, 6.45) is 23.7. The van der Waals surface area contributed by atoms with E-state index in [2.05, 4.69) is 32.2 Å². The minimum atomic E-state index is 0.466. The fraction of sp³-hybridized carbons (Fsp3) is 1.00. The second-order valence-corrected chi connectivity index (χ2v) is 9.11. The second-order valence-electron chi connectivity index (χ2n) is 7.66. The monoisotopic (exact) mass is 424 g/mol. The Morgan fingerprint density at radius 2 is 1.08 bits per heavy atom. The fourth-order valence-corrected chi connectivity index (χ4v) is 4.83. The van der Waals surface area contributed by atoms with Crippen LogP contribution in [0.3, 0.4) is 0 Å². The lowest BCUT2D eigenvalue weighted by atomic mass is 10.0. The van der Waals surface area contributed by atoms with Crippen LogP contribution < -0.4 is 0 Å². The predicted octanol–water partition coefficient (Wildman–Crippen LogP) is 8.60. The van der Waals surface area contributed by atoms with E-state index in [9.17, 15) is 0 Å². The molecule has 0 saturated carbocycles. The van der Waals surface area contributed by atoms with Gasteiger partial charge in [-0.2, -0.15) is 0 Å². The Hall–Kier alpha value is 1.21. The van der Waals surface area contributed by atoms with Gasteiger partial charge in [0.1, 0.15) is 0 Å². The first kappa shape index (κ1) is 27.2. The Morgan fingerprint density at radius 1 is 0.615 bits per heavy atom. The van der Waals surface area contributed by atoms with Crippen LogP contribution in [0.4, 0.5) is 0 Å². The van der Waals surface area contributed by atoms with Crippen LogP contribution in [0.1, 0.15) is 123 Å². The smallest absolute Gasteiger partial charge is 0.0618 e. The van der Waals surface area contributed by atoms with Gasteiger partial charge in [0.2, 0.25) is 0 Å². The third-order valence-corrected chi connectivity index (χ3v) is 6.48. The first-order valence-electron chi connectivity index (χ1n) is 11.2. The lowest BCUT2D eigenvalue weighted by Gasteiger charge is -2.16. The van der Waals surface area contributed by atoms with Crippen LogP contribution in [0.2, 0.25) is 0 Å². The highest BCUT2D eigenvalue weighted by molar-refractivity contribution is 8.00. The van der Waals surface area contributed by atoms with Crippen LogP contribution in [0.5, 0.6) is 0 Å². The van der Waals surface area contributed by atoms with Crippen molar-refractivity contribution < 1.29 is 9.05 Å². The van der Waals surface area contributed by atoms with E-state index < -0.39 is 0 Å². The Bertz CT molecular complexity index is 268. The number of hydrogen-bond acceptors (Lipinski definition) is 2. The highest BCUT2D eigenvalue weighted by Gasteiger charge is 2.07. The molecule has 0 aromatic heterocycles. The van der Waals surface area contributed by atoms with E-state index in [-0.39, 0.29) is 0 Å². The van der Waals surface area contributed by atoms with Crippen LogP contribution in [-0.4, -0.2) is 12.2 Å². The van der Waals surface area contributed by atoms with Gasteiger partial charge in [-0.15, -0.1) is 0 Å². The lowest BCUT2D eigenvalue weighted by Crippen LogP contribution is -2.07. The van der Waals surface area contributed by atoms with Crippen molar-refractivity contribution in [2.45, 2.75) is 135 Å². The minimum absolute atomic E-state index is 0.466. The van der Waals surface area contributed by atoms with E-state index in [0.29, 0.717) is 20.7 Å². The molecule has 0 saturated heterocycles. The van der Waals surface area contributed by atoms with E-state index >= 15 is 0 Å². The summed E-state index contributed by atoms with van der Waals surface area (Å²) in [7, 11) is 5.73. The zero-order valence-electron chi connectivity index (χ0n) is 17.6. The summed E-state index contributed by atoms with van der Waals surface area (Å²) in [6, 6.07) is 0. The van der Waals surface area contributed by atoms with Crippen molar-refractivity contribution in [3.8, 4) is 0 Å². The van der Waals surface area contributed by atoms with E-state index in [1.807, 2.05) is 0 Å². The molecule has 0 spiro atoms. The molecule has 0 bridgehead atoms. The molecule has 5 unspecified atom stereocenters. The number of unbranched alkanes of at least 4 members (excludes halogenated alkanes) is 10. The Labute approximate surface area is 171 Å². The SMILES string of the molecule is CCCCC(CCCCCCCCCCCCC(CCC)OP)OPP. The molecule has 2 nitrogen and oxygen atoms in total. The summed E-state index contributed by atoms with van der Waals surface area (Å²) in [6.45, 7) is 4.50. The van der Waals surface area contributed by atoms with Gasteiger partial charge in [-0.3, -0.25) is 0 Å². The predicted molar refractivity (Wildman–Crippen MR) is 127 cm³/mol. The van der Waals surface area contributed by atoms with Gasteiger partial charge in [0.25, 0.3) is 0 Å². The first-order valence-corrected chi connectivity index (χ1v) is 14.4. The zero-order chi connectivity index (χ0) is 19.3. The van der Waals surface area contributed by atoms with Gasteiger partial charge in [-0.05, 0) is 25.7 Å². The topological polar surface area (TPSA) is 18.5 Å². The molecular formula is C21H47O2P3. The quantitative estimate of drug-likeness (QED) is 0.136. The van der Waals surface area contributed by atoms with Gasteiger partial charge in [0.05, 0.1) is 12.2 Å². The van der Waals surface area contributed by atoms with Crippen LogP contribution in [0.25, 0.3) is 0 Å². The van der Waals surface area contributed by atoms with Crippen molar-refractivity contribution in [2.75, 3.05) is 0 Å². The van der Waals surface area contributed by atoms with Gasteiger partial charge in [0, 0.05) is 18.0 Å². The molecule has 0 N–H and O–H groups in total. The molecule has 26 heavy (non-hydrogen) atoms. The highest BCUT2D eigenvalue weighted by Crippen LogP contribution is 2.28. The largest absolute Gasteiger partial charge is 0.362 e. The summed E-state index contributed by atoms with van der Waals surface area (Å²) >= 11 is 0. The molecular weight excluding hydrogens is 377 g/mol. The van der Waals surface area contributed by atoms with Crippen molar-refractivity contribution in [2.24, 2.45) is 0 Å². The van der Waals surface area contributed by atoms with E-state index in [0.717, 1.165) is 0 Å². The molecule has 0 rings (SSSR count). The Kier molecular flexibility index (Phi) is 23.5. The summed E-state index contributed by atoms with van der Waals surface area (Å²) < 4.78 is 11.3. The number of hydrogen-bond donors (Lipinski definition) is 0. The van der Waals surface area contributed by atoms with E-state index in [1.54, 1.807) is 0 Å². The van der Waals surface area contributed by atoms with Crippen molar-refractivity contribution in [3.63, 3.8) is 0 Å². The second kappa shape index (κ2) is 22.5. The molecule has 0 amide bonds. The van der Waals surface area contributed by atoms with Crippen molar-refractivity contribution >= 4 is 26.9 Å². The molecule has 0 aliphatic rings. The summed E-state index contributed by atoms with van der Waals surface area (Å²) in [5, 5.41) is 0. The molecule has 5 heteroatoms. The summed E-state index contributed by atoms with van der Waals surface area (Å²) in [5.74, 6) is 0. The zero-order valence-corrected chi connectivity index (χ0v) is 21.0. The third-order valence-electron chi connectivity index (χ3n) is 5.22. The molecule has 0 aromatic rings. The van der Waals surface area contributed by atoms with Crippen molar-refractivity contribution in [1.82, 2.24) is 0 Å². The average molecular weight is 425 g/mol. The molecule has 0 aliphatic heterocycles. The van der Waals surface area contributed by atoms with Crippen LogP contribution in [-0.2, 0) is 9.05 Å². The van der Waals surface area contributed by atoms with Gasteiger partial charge in [0.15, 0.2) is 0 Å². The van der Waals surface area contributed by atoms with Gasteiger partial charge in [-0.1, -0.05) is 106 Å². The van der Waals surface area contributed by atoms with Gasteiger partial charge >= 0.3 is 0 Å². The lowest BCUT2D eigenvalue weighted by molar-refractivity contribution is 0.204. The molecule has 158 valence electrons. The summed E-state index contributed by atoms with van der Waals surface area (Å²) in [5.41, 5.74) is 0.